The van der Waals surface area contributed by atoms with E-state index in [4.69, 9.17) is 9.52 Å². The van der Waals surface area contributed by atoms with E-state index in [-0.39, 0.29) is 18.7 Å². The highest BCUT2D eigenvalue weighted by Gasteiger charge is 2.14. The van der Waals surface area contributed by atoms with Gasteiger partial charge in [0.25, 0.3) is 5.56 Å². The number of aromatic nitrogens is 3. The second kappa shape index (κ2) is 3.71. The van der Waals surface area contributed by atoms with E-state index in [0.29, 0.717) is 16.9 Å². The maximum absolute atomic E-state index is 12.1. The SMILES string of the molecule is Cc1cc2c(cc3c(=O)n(CCO)nc(C)n32)o1. The molecule has 3 aromatic heterocycles. The Morgan fingerprint density at radius 1 is 1.33 bits per heavy atom. The summed E-state index contributed by atoms with van der Waals surface area (Å²) in [7, 11) is 0. The summed E-state index contributed by atoms with van der Waals surface area (Å²) in [6, 6.07) is 3.60. The quantitative estimate of drug-likeness (QED) is 0.728. The highest BCUT2D eigenvalue weighted by molar-refractivity contribution is 5.83. The summed E-state index contributed by atoms with van der Waals surface area (Å²) < 4.78 is 8.57. The first-order chi connectivity index (χ1) is 8.61. The van der Waals surface area contributed by atoms with E-state index in [2.05, 4.69) is 5.10 Å². The Bertz CT molecular complexity index is 794. The monoisotopic (exact) mass is 247 g/mol. The number of rotatable bonds is 2. The van der Waals surface area contributed by atoms with Gasteiger partial charge in [-0.15, -0.1) is 0 Å². The zero-order valence-corrected chi connectivity index (χ0v) is 10.2. The molecule has 0 aromatic carbocycles. The topological polar surface area (TPSA) is 72.7 Å². The molecule has 0 spiro atoms. The Kier molecular flexibility index (Phi) is 2.27. The van der Waals surface area contributed by atoms with Crippen LogP contribution in [-0.2, 0) is 6.54 Å². The Morgan fingerprint density at radius 2 is 2.11 bits per heavy atom. The molecule has 0 aliphatic rings. The zero-order chi connectivity index (χ0) is 12.9. The Balaban J connectivity index is 2.44. The third-order valence-electron chi connectivity index (χ3n) is 2.97. The van der Waals surface area contributed by atoms with Crippen molar-refractivity contribution in [3.63, 3.8) is 0 Å². The molecule has 3 rings (SSSR count). The number of hydrogen-bond donors (Lipinski definition) is 1. The van der Waals surface area contributed by atoms with Crippen LogP contribution in [0.1, 0.15) is 11.6 Å². The summed E-state index contributed by atoms with van der Waals surface area (Å²) >= 11 is 0. The predicted octanol–water partition coefficient (Wildman–Crippen LogP) is 0.851. The molecule has 6 nitrogen and oxygen atoms in total. The van der Waals surface area contributed by atoms with E-state index in [1.165, 1.54) is 4.68 Å². The molecular weight excluding hydrogens is 234 g/mol. The van der Waals surface area contributed by atoms with E-state index in [9.17, 15) is 4.79 Å². The maximum Gasteiger partial charge on any atom is 0.291 e. The summed E-state index contributed by atoms with van der Waals surface area (Å²) in [4.78, 5) is 12.1. The molecule has 3 heterocycles. The molecule has 0 radical (unpaired) electrons. The average Bonchev–Trinajstić information content (AvgIpc) is 2.81. The van der Waals surface area contributed by atoms with Crippen LogP contribution in [0.25, 0.3) is 16.6 Å². The van der Waals surface area contributed by atoms with Crippen LogP contribution in [0.3, 0.4) is 0 Å². The van der Waals surface area contributed by atoms with Crippen LogP contribution in [0, 0.1) is 13.8 Å². The van der Waals surface area contributed by atoms with Crippen molar-refractivity contribution in [2.75, 3.05) is 6.61 Å². The lowest BCUT2D eigenvalue weighted by Crippen LogP contribution is -2.27. The van der Waals surface area contributed by atoms with Crippen LogP contribution in [0.15, 0.2) is 21.3 Å². The summed E-state index contributed by atoms with van der Waals surface area (Å²) in [5.74, 6) is 1.49. The molecular formula is C12H13N3O3. The molecule has 0 unspecified atom stereocenters. The lowest BCUT2D eigenvalue weighted by molar-refractivity contribution is 0.265. The fraction of sp³-hybridized carbons (Fsp3) is 0.333. The molecule has 3 aromatic rings. The number of nitrogens with zero attached hydrogens (tertiary/aromatic N) is 3. The first kappa shape index (κ1) is 11.0. The third-order valence-corrected chi connectivity index (χ3v) is 2.97. The van der Waals surface area contributed by atoms with E-state index in [0.717, 1.165) is 11.3 Å². The summed E-state index contributed by atoms with van der Waals surface area (Å²) in [6.07, 6.45) is 0. The van der Waals surface area contributed by atoms with Crippen molar-refractivity contribution in [3.8, 4) is 0 Å². The lowest BCUT2D eigenvalue weighted by atomic mass is 10.4. The first-order valence-electron chi connectivity index (χ1n) is 5.72. The number of aliphatic hydroxyl groups excluding tert-OH is 1. The molecule has 0 aliphatic carbocycles. The number of hydrogen-bond acceptors (Lipinski definition) is 4. The minimum absolute atomic E-state index is 0.113. The van der Waals surface area contributed by atoms with Gasteiger partial charge in [-0.25, -0.2) is 4.68 Å². The van der Waals surface area contributed by atoms with Crippen molar-refractivity contribution in [2.24, 2.45) is 0 Å². The largest absolute Gasteiger partial charge is 0.460 e. The lowest BCUT2D eigenvalue weighted by Gasteiger charge is -2.06. The van der Waals surface area contributed by atoms with Gasteiger partial charge in [0.15, 0.2) is 5.58 Å². The molecule has 0 aliphatic heterocycles. The Labute approximate surface area is 102 Å². The minimum Gasteiger partial charge on any atom is -0.460 e. The van der Waals surface area contributed by atoms with Gasteiger partial charge < -0.3 is 9.52 Å². The van der Waals surface area contributed by atoms with Crippen molar-refractivity contribution in [1.29, 1.82) is 0 Å². The normalized spacial score (nSPS) is 11.7. The smallest absolute Gasteiger partial charge is 0.291 e. The Morgan fingerprint density at radius 3 is 2.83 bits per heavy atom. The zero-order valence-electron chi connectivity index (χ0n) is 10.2. The van der Waals surface area contributed by atoms with Crippen molar-refractivity contribution in [2.45, 2.75) is 20.4 Å². The molecule has 0 bridgehead atoms. The van der Waals surface area contributed by atoms with E-state index in [1.807, 2.05) is 19.9 Å². The molecule has 6 heteroatoms. The van der Waals surface area contributed by atoms with E-state index >= 15 is 0 Å². The van der Waals surface area contributed by atoms with Crippen LogP contribution in [-0.4, -0.2) is 25.9 Å². The van der Waals surface area contributed by atoms with Crippen molar-refractivity contribution in [1.82, 2.24) is 14.2 Å². The minimum atomic E-state index is -0.223. The highest BCUT2D eigenvalue weighted by Crippen LogP contribution is 2.22. The number of aliphatic hydroxyl groups is 1. The molecule has 0 atom stereocenters. The molecule has 18 heavy (non-hydrogen) atoms. The predicted molar refractivity (Wildman–Crippen MR) is 65.8 cm³/mol. The van der Waals surface area contributed by atoms with Gasteiger partial charge in [0, 0.05) is 12.1 Å². The van der Waals surface area contributed by atoms with Gasteiger partial charge in [0.1, 0.15) is 17.1 Å². The standard InChI is InChI=1S/C12H13N3O3/c1-7-5-9-11(18-7)6-10-12(17)14(3-4-16)13-8(2)15(9)10/h5-6,16H,3-4H2,1-2H3. The van der Waals surface area contributed by atoms with E-state index in [1.54, 1.807) is 10.5 Å². The molecule has 0 saturated heterocycles. The van der Waals surface area contributed by atoms with Crippen molar-refractivity contribution in [3.05, 3.63) is 34.1 Å². The van der Waals surface area contributed by atoms with Crippen LogP contribution < -0.4 is 5.56 Å². The molecule has 0 amide bonds. The molecule has 94 valence electrons. The van der Waals surface area contributed by atoms with Crippen LogP contribution in [0.5, 0.6) is 0 Å². The second-order valence-electron chi connectivity index (χ2n) is 4.27. The number of fused-ring (bicyclic) bond motifs is 3. The van der Waals surface area contributed by atoms with Gasteiger partial charge >= 0.3 is 0 Å². The highest BCUT2D eigenvalue weighted by atomic mass is 16.3. The maximum atomic E-state index is 12.1. The fourth-order valence-electron chi connectivity index (χ4n) is 2.26. The third kappa shape index (κ3) is 1.39. The van der Waals surface area contributed by atoms with Gasteiger partial charge in [-0.2, -0.15) is 5.10 Å². The van der Waals surface area contributed by atoms with Crippen molar-refractivity contribution >= 4 is 16.6 Å². The second-order valence-corrected chi connectivity index (χ2v) is 4.27. The Hall–Kier alpha value is -2.08. The van der Waals surface area contributed by atoms with Crippen molar-refractivity contribution < 1.29 is 9.52 Å². The van der Waals surface area contributed by atoms with Gasteiger partial charge in [0.05, 0.1) is 18.7 Å². The van der Waals surface area contributed by atoms with Gasteiger partial charge in [-0.3, -0.25) is 9.20 Å². The van der Waals surface area contributed by atoms with Gasteiger partial charge in [0.2, 0.25) is 0 Å². The average molecular weight is 247 g/mol. The summed E-state index contributed by atoms with van der Waals surface area (Å²) in [5, 5.41) is 13.1. The number of furan rings is 1. The molecule has 0 saturated carbocycles. The molecule has 1 N–H and O–H groups in total. The number of aryl methyl sites for hydroxylation is 2. The summed E-state index contributed by atoms with van der Waals surface area (Å²) in [6.45, 7) is 3.77. The summed E-state index contributed by atoms with van der Waals surface area (Å²) in [5.41, 5.74) is 1.82. The molecule has 0 fully saturated rings. The van der Waals surface area contributed by atoms with Crippen LogP contribution >= 0.6 is 0 Å². The fourth-order valence-corrected chi connectivity index (χ4v) is 2.26. The van der Waals surface area contributed by atoms with Crippen LogP contribution in [0.4, 0.5) is 0 Å². The van der Waals surface area contributed by atoms with Gasteiger partial charge in [-0.1, -0.05) is 0 Å². The van der Waals surface area contributed by atoms with E-state index < -0.39 is 0 Å². The first-order valence-corrected chi connectivity index (χ1v) is 5.72. The van der Waals surface area contributed by atoms with Gasteiger partial charge in [-0.05, 0) is 13.8 Å². The van der Waals surface area contributed by atoms with Crippen LogP contribution in [0.2, 0.25) is 0 Å².